The number of aromatic amines is 1. The maximum Gasteiger partial charge on any atom is 0.419 e. The molecule has 3 rings (SSSR count). The third-order valence-corrected chi connectivity index (χ3v) is 4.23. The Morgan fingerprint density at radius 3 is 2.21 bits per heavy atom. The van der Waals surface area contributed by atoms with Gasteiger partial charge in [0.25, 0.3) is 5.82 Å². The van der Waals surface area contributed by atoms with E-state index >= 15 is 0 Å². The molecule has 1 saturated heterocycles. The summed E-state index contributed by atoms with van der Waals surface area (Å²) < 4.78 is 38.1. The van der Waals surface area contributed by atoms with Crippen LogP contribution in [0.1, 0.15) is 5.56 Å². The maximum atomic E-state index is 12.7. The molecule has 2 aromatic rings. The number of H-pyrrole nitrogens is 1. The highest BCUT2D eigenvalue weighted by atomic mass is 35.5. The van der Waals surface area contributed by atoms with E-state index in [9.17, 15) is 13.2 Å². The Labute approximate surface area is 146 Å². The Hall–Kier alpha value is -1.80. The predicted octanol–water partition coefficient (Wildman–Crippen LogP) is 2.94. The molecule has 0 bridgehead atoms. The van der Waals surface area contributed by atoms with E-state index in [-0.39, 0.29) is 5.02 Å². The molecule has 24 heavy (non-hydrogen) atoms. The molecule has 0 atom stereocenters. The number of nitrogens with one attached hydrogen (secondary N) is 1. The molecule has 2 aromatic heterocycles. The summed E-state index contributed by atoms with van der Waals surface area (Å²) in [6.45, 7) is 2.46. The predicted molar refractivity (Wildman–Crippen MR) is 84.5 cm³/mol. The summed E-state index contributed by atoms with van der Waals surface area (Å²) in [5, 5.41) is 8.20. The monoisotopic (exact) mass is 378 g/mol. The Bertz CT molecular complexity index is 715. The van der Waals surface area contributed by atoms with Crippen LogP contribution in [0.4, 0.5) is 24.8 Å². The first-order chi connectivity index (χ1) is 11.3. The van der Waals surface area contributed by atoms with Gasteiger partial charge in [-0.1, -0.05) is 23.2 Å². The molecule has 3 heterocycles. The van der Waals surface area contributed by atoms with E-state index in [1.54, 1.807) is 12.1 Å². The quantitative estimate of drug-likeness (QED) is 0.805. The van der Waals surface area contributed by atoms with Gasteiger partial charge in [0.15, 0.2) is 11.0 Å². The molecule has 0 spiro atoms. The summed E-state index contributed by atoms with van der Waals surface area (Å²) in [6, 6.07) is 4.38. The van der Waals surface area contributed by atoms with E-state index in [4.69, 9.17) is 23.2 Å². The minimum Gasteiger partial charge on any atom is -0.347 e. The van der Waals surface area contributed by atoms with Gasteiger partial charge in [0.2, 0.25) is 0 Å². The van der Waals surface area contributed by atoms with E-state index < -0.39 is 11.7 Å². The van der Waals surface area contributed by atoms with E-state index in [2.05, 4.69) is 15.2 Å². The summed E-state index contributed by atoms with van der Waals surface area (Å²) in [5.74, 6) is 1.19. The lowest BCUT2D eigenvalue weighted by Crippen LogP contribution is -2.48. The molecule has 0 radical (unpaired) electrons. The van der Waals surface area contributed by atoms with Gasteiger partial charge >= 0.3 is 6.18 Å². The Kier molecular flexibility index (Phi) is 4.69. The smallest absolute Gasteiger partial charge is 0.347 e. The Morgan fingerprint density at radius 2 is 1.67 bits per heavy atom. The van der Waals surface area contributed by atoms with Gasteiger partial charge in [0, 0.05) is 0 Å². The molecule has 128 valence electrons. The van der Waals surface area contributed by atoms with Gasteiger partial charge in [0.05, 0.1) is 18.7 Å². The van der Waals surface area contributed by atoms with Gasteiger partial charge in [-0.3, -0.25) is 4.90 Å². The number of alkyl halides is 3. The van der Waals surface area contributed by atoms with Crippen molar-refractivity contribution in [2.24, 2.45) is 0 Å². The van der Waals surface area contributed by atoms with Gasteiger partial charge in [0.1, 0.15) is 24.3 Å². The van der Waals surface area contributed by atoms with Crippen LogP contribution in [0.5, 0.6) is 0 Å². The average molecular weight is 379 g/mol. The van der Waals surface area contributed by atoms with Crippen molar-refractivity contribution in [1.29, 1.82) is 0 Å². The molecule has 0 amide bonds. The zero-order valence-corrected chi connectivity index (χ0v) is 13.8. The number of piperazine rings is 1. The molecule has 1 N–H and O–H groups in total. The molecule has 0 aliphatic carbocycles. The van der Waals surface area contributed by atoms with Crippen molar-refractivity contribution >= 4 is 34.8 Å². The fraction of sp³-hybridized carbons (Fsp3) is 0.357. The fourth-order valence-electron chi connectivity index (χ4n) is 2.50. The topological polar surface area (TPSA) is 46.4 Å². The minimum atomic E-state index is -4.43. The summed E-state index contributed by atoms with van der Waals surface area (Å²) in [4.78, 5) is 6.58. The van der Waals surface area contributed by atoms with E-state index in [0.29, 0.717) is 43.0 Å². The van der Waals surface area contributed by atoms with Crippen molar-refractivity contribution in [3.8, 4) is 0 Å². The number of hydrogen-bond acceptors (Lipinski definition) is 4. The normalized spacial score (nSPS) is 15.7. The molecule has 1 aliphatic heterocycles. The van der Waals surface area contributed by atoms with Crippen LogP contribution in [0.3, 0.4) is 0 Å². The number of anilines is 2. The van der Waals surface area contributed by atoms with Crippen LogP contribution < -0.4 is 14.8 Å². The highest BCUT2D eigenvalue weighted by Crippen LogP contribution is 2.32. The summed E-state index contributed by atoms with van der Waals surface area (Å²) >= 11 is 11.7. The van der Waals surface area contributed by atoms with Crippen molar-refractivity contribution in [1.82, 2.24) is 10.2 Å². The van der Waals surface area contributed by atoms with Crippen molar-refractivity contribution in [3.63, 3.8) is 0 Å². The van der Waals surface area contributed by atoms with Gasteiger partial charge in [-0.05, 0) is 18.2 Å². The van der Waals surface area contributed by atoms with Gasteiger partial charge in [-0.25, -0.2) is 4.98 Å². The number of halogens is 5. The van der Waals surface area contributed by atoms with Crippen molar-refractivity contribution in [3.05, 3.63) is 40.1 Å². The molecule has 5 nitrogen and oxygen atoms in total. The number of pyridine rings is 1. The average Bonchev–Trinajstić information content (AvgIpc) is 2.55. The zero-order valence-electron chi connectivity index (χ0n) is 12.3. The van der Waals surface area contributed by atoms with E-state index in [1.165, 1.54) is 0 Å². The molecule has 0 unspecified atom stereocenters. The summed E-state index contributed by atoms with van der Waals surface area (Å²) in [7, 11) is 0. The highest BCUT2D eigenvalue weighted by molar-refractivity contribution is 6.32. The minimum absolute atomic E-state index is 0.0459. The van der Waals surface area contributed by atoms with Crippen LogP contribution in [0.15, 0.2) is 24.4 Å². The van der Waals surface area contributed by atoms with Crippen LogP contribution in [0.2, 0.25) is 10.2 Å². The molecule has 0 saturated carbocycles. The second-order valence-corrected chi connectivity index (χ2v) is 6.07. The first-order valence-electron chi connectivity index (χ1n) is 7.12. The molecule has 1 fully saturated rings. The lowest BCUT2D eigenvalue weighted by Gasteiger charge is -2.31. The summed E-state index contributed by atoms with van der Waals surface area (Å²) in [6.07, 6.45) is -3.50. The SMILES string of the molecule is FC(F)(F)c1c[nH+]c(N2CCN(c3ccc(Cl)nn3)CC2)c(Cl)c1. The summed E-state index contributed by atoms with van der Waals surface area (Å²) in [5.41, 5.74) is -0.800. The van der Waals surface area contributed by atoms with Crippen molar-refractivity contribution < 1.29 is 18.2 Å². The lowest BCUT2D eigenvalue weighted by atomic mass is 10.2. The fourth-order valence-corrected chi connectivity index (χ4v) is 2.90. The second kappa shape index (κ2) is 6.60. The molecule has 1 aliphatic rings. The van der Waals surface area contributed by atoms with E-state index in [0.717, 1.165) is 12.3 Å². The first-order valence-corrected chi connectivity index (χ1v) is 7.88. The Morgan fingerprint density at radius 1 is 1.00 bits per heavy atom. The molecule has 10 heteroatoms. The van der Waals surface area contributed by atoms with Gasteiger partial charge < -0.3 is 4.90 Å². The Balaban J connectivity index is 1.69. The van der Waals surface area contributed by atoms with E-state index in [1.807, 2.05) is 9.80 Å². The first kappa shape index (κ1) is 17.0. The number of rotatable bonds is 2. The van der Waals surface area contributed by atoms with Crippen LogP contribution in [-0.2, 0) is 6.18 Å². The third-order valence-electron chi connectivity index (χ3n) is 3.74. The number of nitrogens with zero attached hydrogens (tertiary/aromatic N) is 4. The van der Waals surface area contributed by atoms with Gasteiger partial charge in [-0.2, -0.15) is 13.2 Å². The number of aromatic nitrogens is 3. The van der Waals surface area contributed by atoms with Crippen molar-refractivity contribution in [2.75, 3.05) is 36.0 Å². The van der Waals surface area contributed by atoms with Crippen LogP contribution in [0, 0.1) is 0 Å². The molecule has 0 aromatic carbocycles. The van der Waals surface area contributed by atoms with Gasteiger partial charge in [-0.15, -0.1) is 10.2 Å². The van der Waals surface area contributed by atoms with Crippen molar-refractivity contribution in [2.45, 2.75) is 6.18 Å². The maximum absolute atomic E-state index is 12.7. The number of hydrogen-bond donors (Lipinski definition) is 0. The third kappa shape index (κ3) is 3.64. The second-order valence-electron chi connectivity index (χ2n) is 5.27. The standard InChI is InChI=1S/C14H12Cl2F3N5/c15-10-7-9(14(17,18)19)8-20-13(10)24-5-3-23(4-6-24)12-2-1-11(16)21-22-12/h1-2,7-8H,3-6H2/p+1. The lowest BCUT2D eigenvalue weighted by molar-refractivity contribution is -0.367. The molecular weight excluding hydrogens is 366 g/mol. The van der Waals surface area contributed by atoms with Crippen LogP contribution in [-0.4, -0.2) is 36.4 Å². The van der Waals surface area contributed by atoms with Crippen LogP contribution in [0.25, 0.3) is 0 Å². The highest BCUT2D eigenvalue weighted by Gasteiger charge is 2.34. The zero-order chi connectivity index (χ0) is 17.3. The van der Waals surface area contributed by atoms with Crippen LogP contribution >= 0.6 is 23.2 Å². The largest absolute Gasteiger partial charge is 0.419 e. The molecular formula is C14H13Cl2F3N5+.